The topological polar surface area (TPSA) is 73.5 Å². The van der Waals surface area contributed by atoms with Crippen molar-refractivity contribution in [2.24, 2.45) is 7.05 Å². The maximum atomic E-state index is 13.4. The van der Waals surface area contributed by atoms with Crippen LogP contribution in [0.3, 0.4) is 0 Å². The highest BCUT2D eigenvalue weighted by molar-refractivity contribution is 5.72. The number of halogens is 1. The van der Waals surface area contributed by atoms with Crippen LogP contribution in [0.15, 0.2) is 36.7 Å². The predicted molar refractivity (Wildman–Crippen MR) is 122 cm³/mol. The molecule has 3 heterocycles. The fourth-order valence-corrected chi connectivity index (χ4v) is 4.56. The van der Waals surface area contributed by atoms with E-state index in [1.54, 1.807) is 18.5 Å². The number of fused-ring (bicyclic) bond motifs is 1. The number of hydrogen-bond acceptors (Lipinski definition) is 5. The van der Waals surface area contributed by atoms with Crippen LogP contribution >= 0.6 is 0 Å². The Morgan fingerprint density at radius 1 is 1.06 bits per heavy atom. The zero-order chi connectivity index (χ0) is 22.2. The van der Waals surface area contributed by atoms with Crippen LogP contribution in [0.4, 0.5) is 16.0 Å². The summed E-state index contributed by atoms with van der Waals surface area (Å²) in [6.45, 7) is 4.19. The van der Waals surface area contributed by atoms with Crippen LogP contribution < -0.4 is 5.32 Å². The van der Waals surface area contributed by atoms with E-state index in [1.165, 1.54) is 36.2 Å². The first-order valence-corrected chi connectivity index (χ1v) is 11.0. The molecule has 32 heavy (non-hydrogen) atoms. The molecule has 0 bridgehead atoms. The zero-order valence-corrected chi connectivity index (χ0v) is 18.6. The molecule has 0 fully saturated rings. The summed E-state index contributed by atoms with van der Waals surface area (Å²) < 4.78 is 17.1. The molecule has 0 atom stereocenters. The standard InChI is InChI=1S/C24H26FN7/c1-4-18-23(16-9-11-17(25)12-10-16)31(3)30-24(18)28-21-13-22(27-14-26-21)32-15(2)19-7-5-6-8-20(19)29-32/h9-14H,4-8H2,1-3H3,(H,26,27,28,30). The summed E-state index contributed by atoms with van der Waals surface area (Å²) in [5.74, 6) is 1.87. The van der Waals surface area contributed by atoms with Gasteiger partial charge in [-0.05, 0) is 68.9 Å². The minimum Gasteiger partial charge on any atom is -0.323 e. The average Bonchev–Trinajstić information content (AvgIpc) is 3.31. The third kappa shape index (κ3) is 3.55. The van der Waals surface area contributed by atoms with Gasteiger partial charge in [-0.3, -0.25) is 4.68 Å². The average molecular weight is 432 g/mol. The lowest BCUT2D eigenvalue weighted by Crippen LogP contribution is -2.05. The van der Waals surface area contributed by atoms with Gasteiger partial charge in [-0.15, -0.1) is 0 Å². The van der Waals surface area contributed by atoms with Crippen molar-refractivity contribution in [3.63, 3.8) is 0 Å². The van der Waals surface area contributed by atoms with Crippen LogP contribution in [0, 0.1) is 12.7 Å². The van der Waals surface area contributed by atoms with Crippen molar-refractivity contribution in [1.29, 1.82) is 0 Å². The van der Waals surface area contributed by atoms with Crippen molar-refractivity contribution in [2.75, 3.05) is 5.32 Å². The van der Waals surface area contributed by atoms with Gasteiger partial charge in [0.25, 0.3) is 0 Å². The summed E-state index contributed by atoms with van der Waals surface area (Å²) in [4.78, 5) is 8.87. The number of aryl methyl sites for hydroxylation is 2. The van der Waals surface area contributed by atoms with Crippen molar-refractivity contribution < 1.29 is 4.39 Å². The molecule has 0 unspecified atom stereocenters. The molecule has 4 aromatic rings. The molecule has 1 aliphatic rings. The number of rotatable bonds is 5. The summed E-state index contributed by atoms with van der Waals surface area (Å²) >= 11 is 0. The van der Waals surface area contributed by atoms with E-state index in [0.717, 1.165) is 53.4 Å². The third-order valence-electron chi connectivity index (χ3n) is 6.15. The predicted octanol–water partition coefficient (Wildman–Crippen LogP) is 4.70. The lowest BCUT2D eigenvalue weighted by atomic mass is 9.96. The molecule has 0 saturated heterocycles. The Labute approximate surface area is 186 Å². The SMILES string of the molecule is CCc1c(Nc2cc(-n3nc4c(c3C)CCCC4)ncn2)nn(C)c1-c1ccc(F)cc1. The monoisotopic (exact) mass is 431 g/mol. The molecule has 1 aliphatic carbocycles. The summed E-state index contributed by atoms with van der Waals surface area (Å²) in [7, 11) is 1.89. The largest absolute Gasteiger partial charge is 0.323 e. The van der Waals surface area contributed by atoms with E-state index in [0.29, 0.717) is 5.82 Å². The molecule has 1 N–H and O–H groups in total. The molecule has 3 aromatic heterocycles. The Bertz CT molecular complexity index is 1270. The second-order valence-corrected chi connectivity index (χ2v) is 8.18. The first-order chi connectivity index (χ1) is 15.5. The molecule has 8 heteroatoms. The summed E-state index contributed by atoms with van der Waals surface area (Å²) in [6.07, 6.45) is 6.83. The number of aromatic nitrogens is 6. The highest BCUT2D eigenvalue weighted by atomic mass is 19.1. The lowest BCUT2D eigenvalue weighted by molar-refractivity contribution is 0.628. The van der Waals surface area contributed by atoms with Crippen molar-refractivity contribution >= 4 is 11.6 Å². The van der Waals surface area contributed by atoms with E-state index >= 15 is 0 Å². The van der Waals surface area contributed by atoms with Crippen molar-refractivity contribution in [1.82, 2.24) is 29.5 Å². The maximum absolute atomic E-state index is 13.4. The highest BCUT2D eigenvalue weighted by Gasteiger charge is 2.20. The van der Waals surface area contributed by atoms with Crippen molar-refractivity contribution in [2.45, 2.75) is 46.0 Å². The lowest BCUT2D eigenvalue weighted by Gasteiger charge is -2.09. The normalized spacial score (nSPS) is 13.2. The molecule has 0 radical (unpaired) electrons. The molecule has 7 nitrogen and oxygen atoms in total. The van der Waals surface area contributed by atoms with E-state index in [2.05, 4.69) is 34.2 Å². The first kappa shape index (κ1) is 20.4. The van der Waals surface area contributed by atoms with Crippen LogP contribution in [-0.2, 0) is 26.3 Å². The van der Waals surface area contributed by atoms with E-state index in [9.17, 15) is 4.39 Å². The van der Waals surface area contributed by atoms with Gasteiger partial charge >= 0.3 is 0 Å². The van der Waals surface area contributed by atoms with E-state index in [-0.39, 0.29) is 5.82 Å². The van der Waals surface area contributed by atoms with E-state index in [1.807, 2.05) is 22.5 Å². The molecular formula is C24H26FN7. The number of nitrogens with one attached hydrogen (secondary N) is 1. The Morgan fingerprint density at radius 2 is 1.84 bits per heavy atom. The van der Waals surface area contributed by atoms with Gasteiger partial charge < -0.3 is 5.32 Å². The van der Waals surface area contributed by atoms with Crippen LogP contribution in [0.5, 0.6) is 0 Å². The number of anilines is 2. The second-order valence-electron chi connectivity index (χ2n) is 8.18. The Balaban J connectivity index is 1.49. The van der Waals surface area contributed by atoms with Gasteiger partial charge in [0.2, 0.25) is 0 Å². The highest BCUT2D eigenvalue weighted by Crippen LogP contribution is 2.31. The van der Waals surface area contributed by atoms with Gasteiger partial charge in [0, 0.05) is 29.9 Å². The summed E-state index contributed by atoms with van der Waals surface area (Å²) in [5.41, 5.74) is 6.61. The Hall–Kier alpha value is -3.55. The van der Waals surface area contributed by atoms with E-state index in [4.69, 9.17) is 5.10 Å². The van der Waals surface area contributed by atoms with Crippen LogP contribution in [-0.4, -0.2) is 29.5 Å². The summed E-state index contributed by atoms with van der Waals surface area (Å²) in [6, 6.07) is 8.40. The smallest absolute Gasteiger partial charge is 0.159 e. The van der Waals surface area contributed by atoms with Crippen LogP contribution in [0.2, 0.25) is 0 Å². The van der Waals surface area contributed by atoms with E-state index < -0.39 is 0 Å². The fraction of sp³-hybridized carbons (Fsp3) is 0.333. The second kappa shape index (κ2) is 8.18. The Kier molecular flexibility index (Phi) is 5.20. The molecule has 0 saturated carbocycles. The molecule has 0 spiro atoms. The van der Waals surface area contributed by atoms with Gasteiger partial charge in [0.1, 0.15) is 18.0 Å². The zero-order valence-electron chi connectivity index (χ0n) is 18.6. The summed E-state index contributed by atoms with van der Waals surface area (Å²) in [5, 5.41) is 12.9. The van der Waals surface area contributed by atoms with Crippen molar-refractivity contribution in [3.8, 4) is 17.1 Å². The molecule has 164 valence electrons. The molecular weight excluding hydrogens is 405 g/mol. The van der Waals surface area contributed by atoms with Gasteiger partial charge in [-0.2, -0.15) is 10.2 Å². The third-order valence-corrected chi connectivity index (χ3v) is 6.15. The Morgan fingerprint density at radius 3 is 2.59 bits per heavy atom. The maximum Gasteiger partial charge on any atom is 0.159 e. The molecule has 5 rings (SSSR count). The van der Waals surface area contributed by atoms with Crippen LogP contribution in [0.25, 0.3) is 17.1 Å². The number of hydrogen-bond donors (Lipinski definition) is 1. The minimum absolute atomic E-state index is 0.253. The van der Waals surface area contributed by atoms with Gasteiger partial charge in [-0.1, -0.05) is 6.92 Å². The number of nitrogens with zero attached hydrogens (tertiary/aromatic N) is 6. The molecule has 1 aromatic carbocycles. The van der Waals surface area contributed by atoms with Crippen LogP contribution in [0.1, 0.15) is 42.3 Å². The first-order valence-electron chi connectivity index (χ1n) is 11.0. The quantitative estimate of drug-likeness (QED) is 0.496. The molecule has 0 aliphatic heterocycles. The number of benzene rings is 1. The van der Waals surface area contributed by atoms with Gasteiger partial charge in [0.05, 0.1) is 11.4 Å². The van der Waals surface area contributed by atoms with Gasteiger partial charge in [-0.25, -0.2) is 19.0 Å². The fourth-order valence-electron chi connectivity index (χ4n) is 4.56. The molecule has 0 amide bonds. The minimum atomic E-state index is -0.253. The van der Waals surface area contributed by atoms with Gasteiger partial charge in [0.15, 0.2) is 11.6 Å². The van der Waals surface area contributed by atoms with Crippen molar-refractivity contribution in [3.05, 3.63) is 65.0 Å².